The molecule has 1 aromatic carbocycles. The van der Waals surface area contributed by atoms with Crippen molar-refractivity contribution in [2.75, 3.05) is 32.0 Å². The van der Waals surface area contributed by atoms with Gasteiger partial charge in [-0.05, 0) is 36.2 Å². The first-order chi connectivity index (χ1) is 13.2. The van der Waals surface area contributed by atoms with E-state index >= 15 is 0 Å². The lowest BCUT2D eigenvalue weighted by molar-refractivity contribution is 0.796. The van der Waals surface area contributed by atoms with Crippen LogP contribution in [0.3, 0.4) is 0 Å². The van der Waals surface area contributed by atoms with Gasteiger partial charge in [-0.3, -0.25) is 4.99 Å². The summed E-state index contributed by atoms with van der Waals surface area (Å²) in [6.07, 6.45) is 2.64. The lowest BCUT2D eigenvalue weighted by Crippen LogP contribution is -2.40. The van der Waals surface area contributed by atoms with Crippen LogP contribution >= 0.6 is 35.6 Å². The van der Waals surface area contributed by atoms with E-state index < -0.39 is 0 Å². The molecular formula is C20H24ClIN6. The second kappa shape index (κ2) is 11.7. The predicted molar refractivity (Wildman–Crippen MR) is 128 cm³/mol. The maximum atomic E-state index is 5.80. The summed E-state index contributed by atoms with van der Waals surface area (Å²) in [4.78, 5) is 12.9. The highest BCUT2D eigenvalue weighted by Gasteiger charge is 2.00. The monoisotopic (exact) mass is 510 g/mol. The molecule has 0 atom stereocenters. The molecule has 0 saturated carbocycles. The number of hydrogen-bond donors (Lipinski definition) is 3. The molecule has 0 aliphatic rings. The number of aromatic nitrogens is 2. The van der Waals surface area contributed by atoms with E-state index in [1.807, 2.05) is 30.3 Å². The van der Waals surface area contributed by atoms with E-state index in [-0.39, 0.29) is 24.0 Å². The topological polar surface area (TPSA) is 74.2 Å². The first-order valence-electron chi connectivity index (χ1n) is 8.89. The van der Waals surface area contributed by atoms with Gasteiger partial charge in [0.05, 0.1) is 5.52 Å². The number of rotatable bonds is 7. The first kappa shape index (κ1) is 22.2. The lowest BCUT2D eigenvalue weighted by Gasteiger charge is -2.12. The van der Waals surface area contributed by atoms with Crippen molar-refractivity contribution in [3.63, 3.8) is 0 Å². The van der Waals surface area contributed by atoms with Crippen molar-refractivity contribution < 1.29 is 0 Å². The molecule has 28 heavy (non-hydrogen) atoms. The van der Waals surface area contributed by atoms with Gasteiger partial charge in [-0.2, -0.15) is 0 Å². The van der Waals surface area contributed by atoms with Gasteiger partial charge in [0.25, 0.3) is 0 Å². The lowest BCUT2D eigenvalue weighted by atomic mass is 10.2. The number of nitrogens with zero attached hydrogens (tertiary/aromatic N) is 3. The summed E-state index contributed by atoms with van der Waals surface area (Å²) < 4.78 is 0. The second-order valence-electron chi connectivity index (χ2n) is 5.98. The molecule has 3 rings (SSSR count). The molecule has 6 nitrogen and oxygen atoms in total. The molecule has 8 heteroatoms. The van der Waals surface area contributed by atoms with Crippen LogP contribution in [-0.4, -0.2) is 42.6 Å². The highest BCUT2D eigenvalue weighted by molar-refractivity contribution is 14.0. The molecule has 0 spiro atoms. The molecule has 0 bridgehead atoms. The average molecular weight is 511 g/mol. The zero-order valence-corrected chi connectivity index (χ0v) is 18.7. The van der Waals surface area contributed by atoms with Crippen molar-refractivity contribution in [3.05, 3.63) is 65.4 Å². The molecule has 148 valence electrons. The molecule has 0 amide bonds. The van der Waals surface area contributed by atoms with E-state index in [2.05, 4.69) is 43.0 Å². The van der Waals surface area contributed by atoms with Gasteiger partial charge in [0.2, 0.25) is 0 Å². The van der Waals surface area contributed by atoms with Crippen molar-refractivity contribution in [1.29, 1.82) is 0 Å². The number of benzene rings is 1. The average Bonchev–Trinajstić information content (AvgIpc) is 2.71. The summed E-state index contributed by atoms with van der Waals surface area (Å²) in [7, 11) is 1.76. The highest BCUT2D eigenvalue weighted by Crippen LogP contribution is 2.14. The molecule has 0 aliphatic carbocycles. The number of fused-ring (bicyclic) bond motifs is 1. The first-order valence-corrected chi connectivity index (χ1v) is 9.27. The summed E-state index contributed by atoms with van der Waals surface area (Å²) in [6.45, 7) is 2.24. The van der Waals surface area contributed by atoms with Gasteiger partial charge in [0.15, 0.2) is 5.96 Å². The van der Waals surface area contributed by atoms with E-state index in [1.54, 1.807) is 19.3 Å². The Hall–Kier alpha value is -2.13. The van der Waals surface area contributed by atoms with Crippen LogP contribution in [0.5, 0.6) is 0 Å². The van der Waals surface area contributed by atoms with E-state index in [0.717, 1.165) is 54.3 Å². The summed E-state index contributed by atoms with van der Waals surface area (Å²) in [5.74, 6) is 1.64. The third-order valence-corrected chi connectivity index (χ3v) is 4.26. The maximum Gasteiger partial charge on any atom is 0.191 e. The van der Waals surface area contributed by atoms with Crippen LogP contribution in [0.1, 0.15) is 5.56 Å². The van der Waals surface area contributed by atoms with E-state index in [4.69, 9.17) is 11.6 Å². The van der Waals surface area contributed by atoms with Crippen molar-refractivity contribution in [3.8, 4) is 0 Å². The third-order valence-electron chi connectivity index (χ3n) is 4.04. The quantitative estimate of drug-likeness (QED) is 0.149. The van der Waals surface area contributed by atoms with Crippen LogP contribution in [-0.2, 0) is 6.42 Å². The Morgan fingerprint density at radius 3 is 2.61 bits per heavy atom. The standard InChI is InChI=1S/C20H23ClN6.HI/c1-22-20(24-11-10-15-6-8-18(21)26-14-15)25-13-12-23-19-9-7-16-4-2-3-5-17(16)27-19;/h2-9,14H,10-13H2,1H3,(H,23,27)(H2,22,24,25);1H. The third kappa shape index (κ3) is 6.79. The number of pyridine rings is 2. The van der Waals surface area contributed by atoms with Crippen LogP contribution in [0.2, 0.25) is 5.15 Å². The molecule has 0 radical (unpaired) electrons. The zero-order chi connectivity index (χ0) is 18.9. The largest absolute Gasteiger partial charge is 0.368 e. The SMILES string of the molecule is CN=C(NCCNc1ccc2ccccc2n1)NCCc1ccc(Cl)nc1.I. The normalized spacial score (nSPS) is 11.0. The highest BCUT2D eigenvalue weighted by atomic mass is 127. The molecule has 3 aromatic rings. The van der Waals surface area contributed by atoms with Gasteiger partial charge in [-0.15, -0.1) is 24.0 Å². The Bertz CT molecular complexity index is 901. The molecule has 2 heterocycles. The minimum atomic E-state index is 0. The Labute approximate surface area is 187 Å². The molecule has 0 aliphatic heterocycles. The van der Waals surface area contributed by atoms with Gasteiger partial charge in [0, 0.05) is 38.3 Å². The van der Waals surface area contributed by atoms with Crippen LogP contribution in [0.4, 0.5) is 5.82 Å². The fraction of sp³-hybridized carbons (Fsp3) is 0.250. The van der Waals surface area contributed by atoms with Crippen LogP contribution in [0.15, 0.2) is 59.7 Å². The number of hydrogen-bond acceptors (Lipinski definition) is 4. The Kier molecular flexibility index (Phi) is 9.22. The minimum Gasteiger partial charge on any atom is -0.368 e. The molecular weight excluding hydrogens is 487 g/mol. The van der Waals surface area contributed by atoms with Crippen molar-refractivity contribution in [1.82, 2.24) is 20.6 Å². The summed E-state index contributed by atoms with van der Waals surface area (Å²) >= 11 is 5.80. The number of anilines is 1. The Morgan fingerprint density at radius 1 is 1.00 bits per heavy atom. The van der Waals surface area contributed by atoms with Gasteiger partial charge in [-0.25, -0.2) is 9.97 Å². The number of aliphatic imine (C=N–C) groups is 1. The van der Waals surface area contributed by atoms with Crippen LogP contribution < -0.4 is 16.0 Å². The van der Waals surface area contributed by atoms with Crippen LogP contribution in [0, 0.1) is 0 Å². The van der Waals surface area contributed by atoms with Crippen molar-refractivity contribution >= 4 is 58.3 Å². The zero-order valence-electron chi connectivity index (χ0n) is 15.7. The summed E-state index contributed by atoms with van der Waals surface area (Å²) in [5, 5.41) is 11.6. The fourth-order valence-electron chi connectivity index (χ4n) is 2.64. The van der Waals surface area contributed by atoms with Gasteiger partial charge >= 0.3 is 0 Å². The van der Waals surface area contributed by atoms with Crippen molar-refractivity contribution in [2.45, 2.75) is 6.42 Å². The summed E-state index contributed by atoms with van der Waals surface area (Å²) in [6, 6.07) is 15.9. The summed E-state index contributed by atoms with van der Waals surface area (Å²) in [5.41, 5.74) is 2.12. The molecule has 0 unspecified atom stereocenters. The minimum absolute atomic E-state index is 0. The number of nitrogens with one attached hydrogen (secondary N) is 3. The van der Waals surface area contributed by atoms with Gasteiger partial charge in [0.1, 0.15) is 11.0 Å². The van der Waals surface area contributed by atoms with Gasteiger partial charge in [-0.1, -0.05) is 35.9 Å². The molecule has 2 aromatic heterocycles. The Morgan fingerprint density at radius 2 is 1.82 bits per heavy atom. The number of halogens is 2. The fourth-order valence-corrected chi connectivity index (χ4v) is 2.75. The Balaban J connectivity index is 0.00000280. The van der Waals surface area contributed by atoms with E-state index in [9.17, 15) is 0 Å². The molecule has 0 fully saturated rings. The molecule has 0 saturated heterocycles. The van der Waals surface area contributed by atoms with Gasteiger partial charge < -0.3 is 16.0 Å². The second-order valence-corrected chi connectivity index (χ2v) is 6.37. The van der Waals surface area contributed by atoms with E-state index in [0.29, 0.717) is 5.15 Å². The maximum absolute atomic E-state index is 5.80. The molecule has 3 N–H and O–H groups in total. The number of para-hydroxylation sites is 1. The van der Waals surface area contributed by atoms with E-state index in [1.165, 1.54) is 0 Å². The van der Waals surface area contributed by atoms with Crippen molar-refractivity contribution in [2.24, 2.45) is 4.99 Å². The van der Waals surface area contributed by atoms with Crippen LogP contribution in [0.25, 0.3) is 10.9 Å². The number of guanidine groups is 1. The predicted octanol–water partition coefficient (Wildman–Crippen LogP) is 3.72. The smallest absolute Gasteiger partial charge is 0.191 e.